The number of benzene rings is 3. The van der Waals surface area contributed by atoms with Gasteiger partial charge in [-0.25, -0.2) is 4.79 Å². The number of hydrogen-bond acceptors (Lipinski definition) is 4. The van der Waals surface area contributed by atoms with Gasteiger partial charge in [-0.15, -0.1) is 0 Å². The molecule has 0 saturated carbocycles. The summed E-state index contributed by atoms with van der Waals surface area (Å²) < 4.78 is 11.7. The molecule has 0 aliphatic heterocycles. The Morgan fingerprint density at radius 1 is 0.778 bits per heavy atom. The van der Waals surface area contributed by atoms with Crippen molar-refractivity contribution < 1.29 is 24.5 Å². The van der Waals surface area contributed by atoms with Crippen molar-refractivity contribution in [2.45, 2.75) is 19.3 Å². The van der Waals surface area contributed by atoms with Crippen molar-refractivity contribution in [1.29, 1.82) is 0 Å². The first-order valence-electron chi connectivity index (χ1n) is 8.52. The summed E-state index contributed by atoms with van der Waals surface area (Å²) in [6.07, 6.45) is -1.62. The van der Waals surface area contributed by atoms with E-state index in [0.717, 1.165) is 11.1 Å². The molecule has 5 heteroatoms. The average molecular weight is 364 g/mol. The fourth-order valence-electron chi connectivity index (χ4n) is 2.54. The van der Waals surface area contributed by atoms with E-state index < -0.39 is 12.1 Å². The summed E-state index contributed by atoms with van der Waals surface area (Å²) in [5.41, 5.74) is 2.20. The number of aliphatic hydroxyl groups is 1. The minimum absolute atomic E-state index is 0.234. The first kappa shape index (κ1) is 18.5. The molecule has 0 amide bonds. The number of aliphatic carboxylic acids is 1. The van der Waals surface area contributed by atoms with E-state index in [1.807, 2.05) is 60.7 Å². The lowest BCUT2D eigenvalue weighted by atomic mass is 10.1. The van der Waals surface area contributed by atoms with Gasteiger partial charge >= 0.3 is 5.97 Å². The zero-order valence-corrected chi connectivity index (χ0v) is 14.6. The van der Waals surface area contributed by atoms with Crippen LogP contribution in [-0.2, 0) is 18.0 Å². The predicted molar refractivity (Wildman–Crippen MR) is 101 cm³/mol. The molecule has 0 unspecified atom stereocenters. The Morgan fingerprint density at radius 3 is 1.81 bits per heavy atom. The van der Waals surface area contributed by atoms with Crippen LogP contribution in [-0.4, -0.2) is 16.2 Å². The minimum atomic E-state index is -1.62. The molecule has 138 valence electrons. The highest BCUT2D eigenvalue weighted by Crippen LogP contribution is 2.32. The molecule has 5 nitrogen and oxygen atoms in total. The minimum Gasteiger partial charge on any atom is -0.485 e. The van der Waals surface area contributed by atoms with E-state index in [9.17, 15) is 9.90 Å². The molecule has 3 aromatic rings. The Bertz CT molecular complexity index is 878. The lowest BCUT2D eigenvalue weighted by molar-refractivity contribution is -0.146. The molecular weight excluding hydrogens is 344 g/mol. The summed E-state index contributed by atoms with van der Waals surface area (Å²) in [4.78, 5) is 11.1. The molecular formula is C22H20O5. The molecule has 0 aliphatic carbocycles. The summed E-state index contributed by atoms with van der Waals surface area (Å²) in [6.45, 7) is 0.651. The van der Waals surface area contributed by atoms with Crippen LogP contribution >= 0.6 is 0 Å². The third-order valence-electron chi connectivity index (χ3n) is 3.99. The van der Waals surface area contributed by atoms with Crippen LogP contribution in [0.2, 0.25) is 0 Å². The number of aliphatic hydroxyl groups excluding tert-OH is 1. The molecule has 27 heavy (non-hydrogen) atoms. The van der Waals surface area contributed by atoms with Crippen molar-refractivity contribution >= 4 is 5.97 Å². The van der Waals surface area contributed by atoms with Gasteiger partial charge in [0.1, 0.15) is 13.2 Å². The standard InChI is InChI=1S/C22H20O5/c23-21(22(24)25)18-11-12-19(26-14-16-7-3-1-4-8-16)20(13-18)27-15-17-9-5-2-6-10-17/h1-13,21,23H,14-15H2,(H,24,25)/t21-/m1/s1. The summed E-state index contributed by atoms with van der Waals surface area (Å²) in [5.74, 6) is -0.453. The van der Waals surface area contributed by atoms with Crippen LogP contribution < -0.4 is 9.47 Å². The van der Waals surface area contributed by atoms with Crippen LogP contribution in [0.15, 0.2) is 78.9 Å². The van der Waals surface area contributed by atoms with Crippen molar-refractivity contribution in [2.24, 2.45) is 0 Å². The van der Waals surface area contributed by atoms with E-state index in [0.29, 0.717) is 24.7 Å². The lowest BCUT2D eigenvalue weighted by Gasteiger charge is -2.15. The van der Waals surface area contributed by atoms with Crippen LogP contribution in [0.4, 0.5) is 0 Å². The van der Waals surface area contributed by atoms with E-state index in [4.69, 9.17) is 14.6 Å². The fourth-order valence-corrected chi connectivity index (χ4v) is 2.54. The Balaban J connectivity index is 1.80. The zero-order chi connectivity index (χ0) is 19.1. The SMILES string of the molecule is O=C(O)[C@H](O)c1ccc(OCc2ccccc2)c(OCc2ccccc2)c1. The van der Waals surface area contributed by atoms with Gasteiger partial charge in [0.2, 0.25) is 0 Å². The normalized spacial score (nSPS) is 11.6. The lowest BCUT2D eigenvalue weighted by Crippen LogP contribution is -2.11. The summed E-state index contributed by atoms with van der Waals surface area (Å²) in [7, 11) is 0. The number of carboxylic acids is 1. The van der Waals surface area contributed by atoms with E-state index in [-0.39, 0.29) is 5.56 Å². The summed E-state index contributed by atoms with van der Waals surface area (Å²) in [5, 5.41) is 18.8. The molecule has 1 atom stereocenters. The van der Waals surface area contributed by atoms with Gasteiger partial charge < -0.3 is 19.7 Å². The highest BCUT2D eigenvalue weighted by atomic mass is 16.5. The summed E-state index contributed by atoms with van der Waals surface area (Å²) >= 11 is 0. The maximum atomic E-state index is 11.1. The van der Waals surface area contributed by atoms with Gasteiger partial charge in [-0.1, -0.05) is 66.7 Å². The van der Waals surface area contributed by atoms with E-state index >= 15 is 0 Å². The van der Waals surface area contributed by atoms with Gasteiger partial charge in [0.25, 0.3) is 0 Å². The number of rotatable bonds is 8. The molecule has 0 radical (unpaired) electrons. The number of carboxylic acid groups (broad SMARTS) is 1. The largest absolute Gasteiger partial charge is 0.485 e. The van der Waals surface area contributed by atoms with Crippen molar-refractivity contribution in [2.75, 3.05) is 0 Å². The first-order chi connectivity index (χ1) is 13.1. The van der Waals surface area contributed by atoms with Crippen LogP contribution in [0.3, 0.4) is 0 Å². The quantitative estimate of drug-likeness (QED) is 0.633. The van der Waals surface area contributed by atoms with Crippen LogP contribution in [0.25, 0.3) is 0 Å². The van der Waals surface area contributed by atoms with Crippen molar-refractivity contribution in [3.05, 3.63) is 95.6 Å². The Hall–Kier alpha value is -3.31. The Morgan fingerprint density at radius 2 is 1.30 bits per heavy atom. The highest BCUT2D eigenvalue weighted by Gasteiger charge is 2.18. The molecule has 0 aliphatic rings. The van der Waals surface area contributed by atoms with Gasteiger partial charge in [0, 0.05) is 0 Å². The predicted octanol–water partition coefficient (Wildman–Crippen LogP) is 3.96. The van der Waals surface area contributed by atoms with Gasteiger partial charge in [-0.05, 0) is 28.8 Å². The maximum absolute atomic E-state index is 11.1. The second-order valence-corrected chi connectivity index (χ2v) is 6.00. The smallest absolute Gasteiger partial charge is 0.337 e. The second kappa shape index (κ2) is 8.87. The number of hydrogen-bond donors (Lipinski definition) is 2. The van der Waals surface area contributed by atoms with Crippen LogP contribution in [0.5, 0.6) is 11.5 Å². The van der Waals surface area contributed by atoms with E-state index in [1.54, 1.807) is 6.07 Å². The Labute approximate surface area is 157 Å². The molecule has 0 spiro atoms. The fraction of sp³-hybridized carbons (Fsp3) is 0.136. The monoisotopic (exact) mass is 364 g/mol. The summed E-state index contributed by atoms with van der Waals surface area (Å²) in [6, 6.07) is 23.9. The Kier molecular flexibility index (Phi) is 6.07. The zero-order valence-electron chi connectivity index (χ0n) is 14.6. The van der Waals surface area contributed by atoms with Gasteiger partial charge in [-0.3, -0.25) is 0 Å². The van der Waals surface area contributed by atoms with Gasteiger partial charge in [0.15, 0.2) is 17.6 Å². The van der Waals surface area contributed by atoms with Crippen molar-refractivity contribution in [3.8, 4) is 11.5 Å². The van der Waals surface area contributed by atoms with E-state index in [1.165, 1.54) is 12.1 Å². The second-order valence-electron chi connectivity index (χ2n) is 6.00. The van der Waals surface area contributed by atoms with Crippen molar-refractivity contribution in [3.63, 3.8) is 0 Å². The maximum Gasteiger partial charge on any atom is 0.337 e. The number of carbonyl (C=O) groups is 1. The molecule has 0 aromatic heterocycles. The average Bonchev–Trinajstić information content (AvgIpc) is 2.72. The third-order valence-corrected chi connectivity index (χ3v) is 3.99. The molecule has 3 rings (SSSR count). The highest BCUT2D eigenvalue weighted by molar-refractivity contribution is 5.74. The molecule has 0 saturated heterocycles. The van der Waals surface area contributed by atoms with E-state index in [2.05, 4.69) is 0 Å². The third kappa shape index (κ3) is 5.09. The molecule has 0 heterocycles. The molecule has 2 N–H and O–H groups in total. The molecule has 3 aromatic carbocycles. The van der Waals surface area contributed by atoms with Crippen LogP contribution in [0.1, 0.15) is 22.8 Å². The first-order valence-corrected chi connectivity index (χ1v) is 8.52. The van der Waals surface area contributed by atoms with Crippen molar-refractivity contribution in [1.82, 2.24) is 0 Å². The number of ether oxygens (including phenoxy) is 2. The topological polar surface area (TPSA) is 76.0 Å². The van der Waals surface area contributed by atoms with Gasteiger partial charge in [-0.2, -0.15) is 0 Å². The van der Waals surface area contributed by atoms with Crippen LogP contribution in [0, 0.1) is 0 Å². The molecule has 0 fully saturated rings. The molecule has 0 bridgehead atoms. The van der Waals surface area contributed by atoms with Gasteiger partial charge in [0.05, 0.1) is 0 Å².